The van der Waals surface area contributed by atoms with E-state index in [1.165, 1.54) is 0 Å². The van der Waals surface area contributed by atoms with Crippen LogP contribution in [0.1, 0.15) is 83.1 Å². The predicted molar refractivity (Wildman–Crippen MR) is 184 cm³/mol. The van der Waals surface area contributed by atoms with Crippen LogP contribution in [0.4, 0.5) is 0 Å². The molecule has 34 heavy (non-hydrogen) atoms. The Bertz CT molecular complexity index is 603. The molecule has 0 saturated carbocycles. The van der Waals surface area contributed by atoms with Crippen LogP contribution in [0.25, 0.3) is 0 Å². The Balaban J connectivity index is 8.85. The van der Waals surface area contributed by atoms with Gasteiger partial charge < -0.3 is 0 Å². The maximum absolute atomic E-state index is 7.76. The van der Waals surface area contributed by atoms with E-state index >= 15 is 0 Å². The summed E-state index contributed by atoms with van der Waals surface area (Å²) in [5.74, 6) is 0. The van der Waals surface area contributed by atoms with Crippen LogP contribution < -0.4 is 0 Å². The Morgan fingerprint density at radius 2 is 0.471 bits per heavy atom. The van der Waals surface area contributed by atoms with Crippen LogP contribution in [-0.4, -0.2) is 59.3 Å². The number of hydrogen-bond donors (Lipinski definition) is 0. The van der Waals surface area contributed by atoms with Gasteiger partial charge >= 0.3 is 0 Å². The van der Waals surface area contributed by atoms with Crippen LogP contribution in [0, 0.1) is 0 Å². The first-order chi connectivity index (χ1) is 14.4. The minimum atomic E-state index is -2.05. The van der Waals surface area contributed by atoms with Gasteiger partial charge in [-0.15, -0.1) is 0 Å². The van der Waals surface area contributed by atoms with Crippen molar-refractivity contribution in [2.45, 2.75) is 156 Å². The van der Waals surface area contributed by atoms with E-state index in [9.17, 15) is 0 Å². The summed E-state index contributed by atoms with van der Waals surface area (Å²) in [6.45, 7) is 53.5. The zero-order chi connectivity index (χ0) is 28.4. The fourth-order valence-electron chi connectivity index (χ4n) is 6.30. The molecule has 0 heterocycles. The molecule has 0 bridgehead atoms. The lowest BCUT2D eigenvalue weighted by atomic mass is 10.2. The van der Waals surface area contributed by atoms with E-state index in [4.69, 9.17) is 22.2 Å². The molecule has 0 aliphatic rings. The first kappa shape index (κ1) is 36.3. The first-order valence-electron chi connectivity index (χ1n) is 13.1. The van der Waals surface area contributed by atoms with Gasteiger partial charge in [-0.2, -0.15) is 22.2 Å². The van der Waals surface area contributed by atoms with Gasteiger partial charge in [0.1, 0.15) is 16.7 Å². The SMILES string of the molecule is CC(C)(C)[Si](C)(C)[Si]([Si]Cl)([Si](C)(C)C(C)(C)C)[Si]([Si]Cl)([Si](C)(C)C(C)(C)C)[Si](C)(C)C(C)(C)C. The molecule has 202 valence electrons. The van der Waals surface area contributed by atoms with E-state index < -0.39 is 42.7 Å². The standard InChI is InChI=1S/C24H60Cl2Si8/c1-21(2,3)29(13,14)33(27-25,30(15,16)22(4,5)6)34(28-26,31(17,18)23(7,8)9)32(19,20)24(10,11)12/h1-20H3. The van der Waals surface area contributed by atoms with Crippen LogP contribution in [-0.2, 0) is 0 Å². The number of rotatable bonds is 7. The van der Waals surface area contributed by atoms with Crippen LogP contribution in [0.3, 0.4) is 0 Å². The summed E-state index contributed by atoms with van der Waals surface area (Å²) in [7, 11) is -6.07. The molecule has 4 radical (unpaired) electrons. The molecule has 0 aromatic carbocycles. The smallest absolute Gasteiger partial charge is 0.149 e. The van der Waals surface area contributed by atoms with Gasteiger partial charge in [-0.1, -0.05) is 135 Å². The number of halogens is 2. The molecule has 0 unspecified atom stereocenters. The second-order valence-electron chi connectivity index (χ2n) is 17.2. The van der Waals surface area contributed by atoms with E-state index in [2.05, 4.69) is 135 Å². The third-order valence-corrected chi connectivity index (χ3v) is 201. The van der Waals surface area contributed by atoms with Gasteiger partial charge in [-0.3, -0.25) is 0 Å². The van der Waals surface area contributed by atoms with E-state index in [1.807, 2.05) is 0 Å². The normalized spacial score (nSPS) is 16.8. The van der Waals surface area contributed by atoms with Gasteiger partial charge in [-0.25, -0.2) is 0 Å². The molecule has 0 aromatic heterocycles. The van der Waals surface area contributed by atoms with E-state index in [0.29, 0.717) is 36.8 Å². The molecule has 0 saturated heterocycles. The van der Waals surface area contributed by atoms with Crippen LogP contribution in [0.15, 0.2) is 0 Å². The van der Waals surface area contributed by atoms with Gasteiger partial charge in [0.2, 0.25) is 0 Å². The average Bonchev–Trinajstić information content (AvgIpc) is 2.54. The highest BCUT2D eigenvalue weighted by Crippen LogP contribution is 2.62. The molecule has 0 spiro atoms. The lowest BCUT2D eigenvalue weighted by molar-refractivity contribution is 0.723. The predicted octanol–water partition coefficient (Wildman–Crippen LogP) is 10.0. The molecule has 0 N–H and O–H groups in total. The zero-order valence-corrected chi connectivity index (χ0v) is 36.3. The summed E-state index contributed by atoms with van der Waals surface area (Å²) in [5, 5.41) is 1.32. The monoisotopic (exact) mass is 642 g/mol. The fraction of sp³-hybridized carbons (Fsp3) is 1.00. The van der Waals surface area contributed by atoms with Crippen molar-refractivity contribution in [1.82, 2.24) is 0 Å². The van der Waals surface area contributed by atoms with Crippen molar-refractivity contribution in [3.8, 4) is 0 Å². The average molecular weight is 644 g/mol. The highest BCUT2D eigenvalue weighted by atomic mass is 35.6. The molecular weight excluding hydrogens is 584 g/mol. The molecule has 0 rings (SSSR count). The Morgan fingerprint density at radius 1 is 0.353 bits per heavy atom. The minimum Gasteiger partial charge on any atom is -0.176 e. The maximum Gasteiger partial charge on any atom is 0.149 e. The largest absolute Gasteiger partial charge is 0.176 e. The summed E-state index contributed by atoms with van der Waals surface area (Å²) in [4.78, 5) is 0. The van der Waals surface area contributed by atoms with Crippen LogP contribution in [0.5, 0.6) is 0 Å². The van der Waals surface area contributed by atoms with Gasteiger partial charge in [0.05, 0.1) is 0 Å². The van der Waals surface area contributed by atoms with Crippen molar-refractivity contribution < 1.29 is 0 Å². The number of hydrogen-bond acceptors (Lipinski definition) is 0. The van der Waals surface area contributed by atoms with E-state index in [-0.39, 0.29) is 0 Å². The molecule has 0 aromatic rings. The highest BCUT2D eigenvalue weighted by molar-refractivity contribution is 8.27. The zero-order valence-electron chi connectivity index (χ0n) is 26.8. The second-order valence-corrected chi connectivity index (χ2v) is 95.1. The summed E-state index contributed by atoms with van der Waals surface area (Å²) in [6.07, 6.45) is -4.10. The first-order valence-corrected chi connectivity index (χ1v) is 40.2. The molecule has 0 fully saturated rings. The van der Waals surface area contributed by atoms with Crippen molar-refractivity contribution in [3.05, 3.63) is 0 Å². The summed E-state index contributed by atoms with van der Waals surface area (Å²) < 4.78 is 0. The van der Waals surface area contributed by atoms with Crippen molar-refractivity contribution in [2.24, 2.45) is 0 Å². The minimum absolute atomic E-state index is 0.330. The van der Waals surface area contributed by atoms with Crippen LogP contribution >= 0.6 is 22.2 Å². The van der Waals surface area contributed by atoms with Crippen molar-refractivity contribution in [3.63, 3.8) is 0 Å². The third kappa shape index (κ3) is 4.77. The van der Waals surface area contributed by atoms with Gasteiger partial charge in [0.15, 0.2) is 0 Å². The maximum atomic E-state index is 7.76. The molecule has 0 amide bonds. The van der Waals surface area contributed by atoms with Gasteiger partial charge in [0.25, 0.3) is 0 Å². The Morgan fingerprint density at radius 3 is 0.529 bits per heavy atom. The molecular formula is C24H60Cl2Si8. The summed E-state index contributed by atoms with van der Waals surface area (Å²) in [6, 6.07) is 0. The summed E-state index contributed by atoms with van der Waals surface area (Å²) >= 11 is 15.5. The molecule has 0 nitrogen and oxygen atoms in total. The quantitative estimate of drug-likeness (QED) is 0.191. The molecule has 0 atom stereocenters. The lowest BCUT2D eigenvalue weighted by Crippen LogP contribution is -3.04. The topological polar surface area (TPSA) is 0 Å². The van der Waals surface area contributed by atoms with Gasteiger partial charge in [0, 0.05) is 42.7 Å². The fourth-order valence-corrected chi connectivity index (χ4v) is 328. The lowest BCUT2D eigenvalue weighted by Gasteiger charge is -2.75. The van der Waals surface area contributed by atoms with Crippen molar-refractivity contribution >= 4 is 81.5 Å². The van der Waals surface area contributed by atoms with E-state index in [0.717, 1.165) is 0 Å². The van der Waals surface area contributed by atoms with Crippen LogP contribution in [0.2, 0.25) is 72.5 Å². The van der Waals surface area contributed by atoms with Gasteiger partial charge in [-0.05, 0) is 20.2 Å². The Kier molecular flexibility index (Phi) is 10.7. The second kappa shape index (κ2) is 10.1. The molecule has 0 aliphatic carbocycles. The highest BCUT2D eigenvalue weighted by Gasteiger charge is 2.82. The summed E-state index contributed by atoms with van der Waals surface area (Å²) in [5.41, 5.74) is 0. The van der Waals surface area contributed by atoms with E-state index in [1.54, 1.807) is 0 Å². The Labute approximate surface area is 235 Å². The van der Waals surface area contributed by atoms with Crippen molar-refractivity contribution in [1.29, 1.82) is 0 Å². The molecule has 10 heteroatoms. The Hall–Kier alpha value is 2.32. The third-order valence-electron chi connectivity index (χ3n) is 12.1. The molecule has 0 aliphatic heterocycles. The van der Waals surface area contributed by atoms with Crippen molar-refractivity contribution in [2.75, 3.05) is 0 Å².